The molecule has 9 nitrogen and oxygen atoms in total. The lowest BCUT2D eigenvalue weighted by atomic mass is 10.0. The molecule has 0 unspecified atom stereocenters. The van der Waals surface area contributed by atoms with Gasteiger partial charge in [-0.2, -0.15) is 0 Å². The Hall–Kier alpha value is -2.56. The molecule has 1 aromatic heterocycles. The van der Waals surface area contributed by atoms with Crippen LogP contribution in [0, 0.1) is 14.9 Å². The molecule has 0 atom stereocenters. The zero-order chi connectivity index (χ0) is 17.9. The Morgan fingerprint density at radius 1 is 1.33 bits per heavy atom. The number of hydrogen-bond donors (Lipinski definition) is 3. The summed E-state index contributed by atoms with van der Waals surface area (Å²) in [7, 11) is 2.78. The van der Waals surface area contributed by atoms with Crippen LogP contribution in [0.1, 0.15) is 23.1 Å². The highest BCUT2D eigenvalue weighted by Gasteiger charge is 2.20. The van der Waals surface area contributed by atoms with Crippen molar-refractivity contribution in [2.75, 3.05) is 14.2 Å². The number of H-pyrrole nitrogens is 2. The molecule has 24 heavy (non-hydrogen) atoms. The Morgan fingerprint density at radius 2 is 2.00 bits per heavy atom. The Morgan fingerprint density at radius 3 is 2.58 bits per heavy atom. The smallest absolute Gasteiger partial charge is 0.269 e. The third kappa shape index (κ3) is 3.67. The SMILES string of the molecule is COC(OC)c1[nH]c(=S)[nH]c(=O)c1Cc1cc([N+](=O)[O-])ccc1O. The van der Waals surface area contributed by atoms with Crippen molar-refractivity contribution < 1.29 is 19.5 Å². The number of non-ortho nitro benzene ring substituents is 1. The number of benzene rings is 1. The zero-order valence-electron chi connectivity index (χ0n) is 12.9. The van der Waals surface area contributed by atoms with E-state index in [1.807, 2.05) is 0 Å². The van der Waals surface area contributed by atoms with Gasteiger partial charge in [0.25, 0.3) is 11.2 Å². The maximum absolute atomic E-state index is 12.3. The number of aromatic hydroxyl groups is 1. The van der Waals surface area contributed by atoms with Gasteiger partial charge in [0.05, 0.1) is 10.6 Å². The maximum atomic E-state index is 12.3. The van der Waals surface area contributed by atoms with Gasteiger partial charge in [-0.25, -0.2) is 0 Å². The fourth-order valence-corrected chi connectivity index (χ4v) is 2.46. The van der Waals surface area contributed by atoms with E-state index < -0.39 is 16.8 Å². The Kier molecular flexibility index (Phi) is 5.44. The van der Waals surface area contributed by atoms with E-state index in [1.54, 1.807) is 0 Å². The summed E-state index contributed by atoms with van der Waals surface area (Å²) in [5, 5.41) is 20.8. The first-order valence-corrected chi connectivity index (χ1v) is 7.15. The van der Waals surface area contributed by atoms with E-state index in [0.717, 1.165) is 0 Å². The highest BCUT2D eigenvalue weighted by atomic mass is 32.1. The van der Waals surface area contributed by atoms with Crippen LogP contribution in [0.2, 0.25) is 0 Å². The highest BCUT2D eigenvalue weighted by molar-refractivity contribution is 7.71. The molecular weight excluding hydrogens is 338 g/mol. The van der Waals surface area contributed by atoms with Gasteiger partial charge in [0.15, 0.2) is 11.1 Å². The van der Waals surface area contributed by atoms with Gasteiger partial charge in [0.1, 0.15) is 5.75 Å². The molecule has 0 radical (unpaired) electrons. The van der Waals surface area contributed by atoms with Crippen LogP contribution in [0.15, 0.2) is 23.0 Å². The second-order valence-electron chi connectivity index (χ2n) is 4.85. The second kappa shape index (κ2) is 7.34. The summed E-state index contributed by atoms with van der Waals surface area (Å²) in [5.74, 6) is -0.167. The highest BCUT2D eigenvalue weighted by Crippen LogP contribution is 2.27. The normalized spacial score (nSPS) is 11.0. The molecule has 1 aromatic carbocycles. The molecule has 0 saturated carbocycles. The fourth-order valence-electron chi connectivity index (χ4n) is 2.26. The minimum absolute atomic E-state index is 0.0759. The molecular formula is C14H15N3O6S. The Bertz CT molecular complexity index is 872. The number of nitro groups is 1. The summed E-state index contributed by atoms with van der Waals surface area (Å²) in [6.07, 6.45) is -0.960. The number of nitro benzene ring substituents is 1. The molecule has 0 bridgehead atoms. The molecule has 0 aliphatic rings. The molecule has 128 valence electrons. The van der Waals surface area contributed by atoms with Crippen molar-refractivity contribution in [2.45, 2.75) is 12.7 Å². The lowest BCUT2D eigenvalue weighted by molar-refractivity contribution is -0.384. The first-order valence-electron chi connectivity index (χ1n) is 6.74. The molecule has 0 spiro atoms. The Labute approximate surface area is 141 Å². The molecule has 2 rings (SSSR count). The summed E-state index contributed by atoms with van der Waals surface area (Å²) in [4.78, 5) is 27.8. The number of aromatic nitrogens is 2. The lowest BCUT2D eigenvalue weighted by Crippen LogP contribution is -2.22. The summed E-state index contributed by atoms with van der Waals surface area (Å²) < 4.78 is 10.4. The standard InChI is InChI=1S/C14H15N3O6S/c1-22-13(23-2)11-9(12(19)16-14(24)15-11)6-7-5-8(17(20)21)3-4-10(7)18/h3-5,13,18H,6H2,1-2H3,(H2,15,16,19,24). The van der Waals surface area contributed by atoms with Crippen LogP contribution < -0.4 is 5.56 Å². The van der Waals surface area contributed by atoms with Crippen molar-refractivity contribution in [1.29, 1.82) is 0 Å². The van der Waals surface area contributed by atoms with E-state index in [4.69, 9.17) is 21.7 Å². The summed E-state index contributed by atoms with van der Waals surface area (Å²) in [5.41, 5.74) is -0.0152. The fraction of sp³-hybridized carbons (Fsp3) is 0.286. The van der Waals surface area contributed by atoms with Gasteiger partial charge in [0.2, 0.25) is 0 Å². The van der Waals surface area contributed by atoms with Crippen molar-refractivity contribution in [3.8, 4) is 5.75 Å². The number of phenols is 1. The number of aromatic amines is 2. The molecule has 0 fully saturated rings. The molecule has 0 saturated heterocycles. The quantitative estimate of drug-likeness (QED) is 0.313. The molecule has 0 aliphatic heterocycles. The number of phenolic OH excluding ortho intramolecular Hbond substituents is 1. The van der Waals surface area contributed by atoms with Crippen LogP contribution in [-0.2, 0) is 15.9 Å². The molecule has 0 amide bonds. The molecule has 1 heterocycles. The van der Waals surface area contributed by atoms with Gasteiger partial charge in [-0.1, -0.05) is 0 Å². The van der Waals surface area contributed by atoms with E-state index in [1.165, 1.54) is 32.4 Å². The van der Waals surface area contributed by atoms with Crippen LogP contribution in [0.4, 0.5) is 5.69 Å². The van der Waals surface area contributed by atoms with Crippen molar-refractivity contribution in [3.05, 3.63) is 60.3 Å². The van der Waals surface area contributed by atoms with Gasteiger partial charge in [0, 0.05) is 43.9 Å². The summed E-state index contributed by atoms with van der Waals surface area (Å²) >= 11 is 4.95. The van der Waals surface area contributed by atoms with Crippen molar-refractivity contribution in [2.24, 2.45) is 0 Å². The van der Waals surface area contributed by atoms with Gasteiger partial charge in [-0.3, -0.25) is 19.9 Å². The van der Waals surface area contributed by atoms with Crippen LogP contribution in [-0.4, -0.2) is 34.2 Å². The average Bonchev–Trinajstić information content (AvgIpc) is 2.53. The number of hydrogen-bond acceptors (Lipinski definition) is 7. The van der Waals surface area contributed by atoms with Gasteiger partial charge in [-0.05, 0) is 18.3 Å². The predicted molar refractivity (Wildman–Crippen MR) is 86.6 cm³/mol. The maximum Gasteiger partial charge on any atom is 0.269 e. The minimum atomic E-state index is -0.884. The second-order valence-corrected chi connectivity index (χ2v) is 5.26. The van der Waals surface area contributed by atoms with Gasteiger partial charge >= 0.3 is 0 Å². The van der Waals surface area contributed by atoms with Crippen LogP contribution in [0.3, 0.4) is 0 Å². The van der Waals surface area contributed by atoms with E-state index in [-0.39, 0.29) is 39.4 Å². The first-order chi connectivity index (χ1) is 11.4. The topological polar surface area (TPSA) is 130 Å². The van der Waals surface area contributed by atoms with Crippen molar-refractivity contribution in [1.82, 2.24) is 9.97 Å². The Balaban J connectivity index is 2.58. The van der Waals surface area contributed by atoms with E-state index in [2.05, 4.69) is 9.97 Å². The number of nitrogens with one attached hydrogen (secondary N) is 2. The van der Waals surface area contributed by atoms with E-state index in [9.17, 15) is 20.0 Å². The van der Waals surface area contributed by atoms with Gasteiger partial charge < -0.3 is 19.6 Å². The largest absolute Gasteiger partial charge is 0.508 e. The summed E-state index contributed by atoms with van der Waals surface area (Å²) in [6.45, 7) is 0. The lowest BCUT2D eigenvalue weighted by Gasteiger charge is -2.17. The third-order valence-electron chi connectivity index (χ3n) is 3.38. The minimum Gasteiger partial charge on any atom is -0.508 e. The van der Waals surface area contributed by atoms with Crippen LogP contribution in [0.5, 0.6) is 5.75 Å². The number of ether oxygens (including phenoxy) is 2. The molecule has 10 heteroatoms. The van der Waals surface area contributed by atoms with Crippen molar-refractivity contribution >= 4 is 17.9 Å². The van der Waals surface area contributed by atoms with Crippen molar-refractivity contribution in [3.63, 3.8) is 0 Å². The molecule has 0 aliphatic carbocycles. The zero-order valence-corrected chi connectivity index (χ0v) is 13.7. The van der Waals surface area contributed by atoms with E-state index in [0.29, 0.717) is 0 Å². The van der Waals surface area contributed by atoms with E-state index >= 15 is 0 Å². The third-order valence-corrected chi connectivity index (χ3v) is 3.58. The van der Waals surface area contributed by atoms with Crippen LogP contribution >= 0.6 is 12.2 Å². The molecule has 3 N–H and O–H groups in total. The van der Waals surface area contributed by atoms with Gasteiger partial charge in [-0.15, -0.1) is 0 Å². The molecule has 2 aromatic rings. The number of rotatable bonds is 6. The average molecular weight is 353 g/mol. The predicted octanol–water partition coefficient (Wildman–Crippen LogP) is 1.93. The monoisotopic (exact) mass is 353 g/mol. The first kappa shape index (κ1) is 17.8. The van der Waals surface area contributed by atoms with Crippen LogP contribution in [0.25, 0.3) is 0 Å². The summed E-state index contributed by atoms with van der Waals surface area (Å²) in [6, 6.07) is 3.58. The number of nitrogens with zero attached hydrogens (tertiary/aromatic N) is 1. The number of methoxy groups -OCH3 is 2.